The molecule has 5 rings (SSSR count). The van der Waals surface area contributed by atoms with Gasteiger partial charge in [0.25, 0.3) is 0 Å². The fourth-order valence-electron chi connectivity index (χ4n) is 4.50. The Morgan fingerprint density at radius 2 is 1.92 bits per heavy atom. The highest BCUT2D eigenvalue weighted by molar-refractivity contribution is 6.54. The van der Waals surface area contributed by atoms with Gasteiger partial charge in [0.1, 0.15) is 23.0 Å². The third-order valence-corrected chi connectivity index (χ3v) is 6.54. The normalized spacial score (nSPS) is 14.9. The quantitative estimate of drug-likeness (QED) is 0.339. The van der Waals surface area contributed by atoms with Gasteiger partial charge in [0, 0.05) is 30.1 Å². The number of halogens is 1. The van der Waals surface area contributed by atoms with E-state index < -0.39 is 12.9 Å². The number of benzene rings is 1. The zero-order valence-corrected chi connectivity index (χ0v) is 20.3. The number of ketones is 1. The summed E-state index contributed by atoms with van der Waals surface area (Å²) >= 11 is 0. The van der Waals surface area contributed by atoms with E-state index in [0.717, 1.165) is 32.1 Å². The number of nitrogens with one attached hydrogen (secondary N) is 2. The summed E-state index contributed by atoms with van der Waals surface area (Å²) in [4.78, 5) is 30.7. The number of aromatic nitrogens is 4. The molecular weight excluding hydrogens is 462 g/mol. The number of pyridine rings is 1. The van der Waals surface area contributed by atoms with Gasteiger partial charge in [-0.2, -0.15) is 9.97 Å². The maximum atomic E-state index is 14.7. The lowest BCUT2D eigenvalue weighted by atomic mass is 9.85. The van der Waals surface area contributed by atoms with Gasteiger partial charge in [0.2, 0.25) is 0 Å². The number of Topliss-reactive ketones (excluding diaryl/α,β-unsaturated/α-hetero) is 1. The van der Waals surface area contributed by atoms with Gasteiger partial charge in [-0.05, 0) is 44.9 Å². The molecule has 1 aromatic carbocycles. The molecule has 0 unspecified atom stereocenters. The highest BCUT2D eigenvalue weighted by Crippen LogP contribution is 2.37. The number of rotatable bonds is 2. The molecular formula is C25H28BFN6O3. The molecule has 3 aromatic heterocycles. The van der Waals surface area contributed by atoms with E-state index in [0.29, 0.717) is 57.7 Å². The van der Waals surface area contributed by atoms with Crippen LogP contribution in [0.3, 0.4) is 0 Å². The van der Waals surface area contributed by atoms with Crippen LogP contribution in [0.2, 0.25) is 6.82 Å². The molecule has 0 saturated carbocycles. The molecule has 4 aromatic rings. The molecule has 0 amide bonds. The number of nitrogens with zero attached hydrogens (tertiary/aromatic N) is 4. The first-order valence-electron chi connectivity index (χ1n) is 12.2. The number of carbonyl (C=O) groups is 1. The van der Waals surface area contributed by atoms with Gasteiger partial charge in [-0.15, -0.1) is 0 Å². The highest BCUT2D eigenvalue weighted by atomic mass is 19.1. The Hall–Kier alpha value is -3.73. The zero-order chi connectivity index (χ0) is 25.2. The van der Waals surface area contributed by atoms with Crippen molar-refractivity contribution in [2.45, 2.75) is 45.3 Å². The Kier molecular flexibility index (Phi) is 6.73. The molecule has 4 bridgehead atoms. The first-order valence-corrected chi connectivity index (χ1v) is 12.2. The molecule has 0 spiro atoms. The lowest BCUT2D eigenvalue weighted by molar-refractivity contribution is 0.0978. The molecule has 1 aliphatic rings. The van der Waals surface area contributed by atoms with E-state index in [-0.39, 0.29) is 11.8 Å². The Morgan fingerprint density at radius 3 is 2.75 bits per heavy atom. The van der Waals surface area contributed by atoms with Crippen LogP contribution >= 0.6 is 0 Å². The van der Waals surface area contributed by atoms with Crippen LogP contribution in [0.15, 0.2) is 30.6 Å². The lowest BCUT2D eigenvalue weighted by Gasteiger charge is -2.20. The van der Waals surface area contributed by atoms with Crippen LogP contribution in [0.1, 0.15) is 48.9 Å². The predicted molar refractivity (Wildman–Crippen MR) is 138 cm³/mol. The number of aromatic amines is 1. The first kappa shape index (κ1) is 24.0. The second kappa shape index (κ2) is 10.1. The van der Waals surface area contributed by atoms with Crippen molar-refractivity contribution in [3.05, 3.63) is 42.0 Å². The molecule has 36 heavy (non-hydrogen) atoms. The molecule has 186 valence electrons. The zero-order valence-electron chi connectivity index (χ0n) is 20.3. The number of hydrogen-bond acceptors (Lipinski definition) is 8. The van der Waals surface area contributed by atoms with Gasteiger partial charge in [-0.3, -0.25) is 9.78 Å². The number of anilines is 2. The van der Waals surface area contributed by atoms with Crippen LogP contribution in [0.5, 0.6) is 11.8 Å². The van der Waals surface area contributed by atoms with Crippen LogP contribution in [-0.2, 0) is 0 Å². The van der Waals surface area contributed by atoms with Gasteiger partial charge in [0.15, 0.2) is 5.78 Å². The van der Waals surface area contributed by atoms with Crippen molar-refractivity contribution in [2.75, 3.05) is 23.7 Å². The number of ether oxygens (including phenoxy) is 1. The minimum Gasteiger partial charge on any atom is -0.432 e. The van der Waals surface area contributed by atoms with Crippen molar-refractivity contribution < 1.29 is 18.9 Å². The second-order valence-electron chi connectivity index (χ2n) is 9.17. The Balaban J connectivity index is 1.65. The Labute approximate surface area is 208 Å². The van der Waals surface area contributed by atoms with Gasteiger partial charge in [0.05, 0.1) is 22.8 Å². The molecule has 0 atom stereocenters. The minimum atomic E-state index is -0.825. The summed E-state index contributed by atoms with van der Waals surface area (Å²) in [5.74, 6) is 0.477. The lowest BCUT2D eigenvalue weighted by Crippen LogP contribution is -2.33. The first-order chi connectivity index (χ1) is 17.4. The Bertz CT molecular complexity index is 1430. The molecule has 4 heterocycles. The van der Waals surface area contributed by atoms with Crippen molar-refractivity contribution in [3.8, 4) is 11.8 Å². The number of hydrogen-bond donors (Lipinski definition) is 3. The SMILES string of the molecule is CB(O)N(C)c1cc(F)cc2c1[nH]c1nc3nc(c12)NCCCCCCCC(=O)c1cncc(c1)O3. The fourth-order valence-corrected chi connectivity index (χ4v) is 4.50. The van der Waals surface area contributed by atoms with Crippen LogP contribution in [-0.4, -0.2) is 51.4 Å². The predicted octanol–water partition coefficient (Wildman–Crippen LogP) is 4.93. The molecule has 3 N–H and O–H groups in total. The van der Waals surface area contributed by atoms with Crippen molar-refractivity contribution in [1.29, 1.82) is 0 Å². The Morgan fingerprint density at radius 1 is 1.11 bits per heavy atom. The second-order valence-corrected chi connectivity index (χ2v) is 9.17. The molecule has 11 heteroatoms. The third kappa shape index (κ3) is 4.83. The molecule has 0 aliphatic carbocycles. The summed E-state index contributed by atoms with van der Waals surface area (Å²) in [5.41, 5.74) is 2.08. The largest absolute Gasteiger partial charge is 0.432 e. The van der Waals surface area contributed by atoms with Crippen molar-refractivity contribution >= 4 is 46.3 Å². The molecule has 0 radical (unpaired) electrons. The molecule has 0 saturated heterocycles. The van der Waals surface area contributed by atoms with Gasteiger partial charge >= 0.3 is 13.1 Å². The van der Waals surface area contributed by atoms with Crippen LogP contribution in [0, 0.1) is 5.82 Å². The number of H-pyrrole nitrogens is 1. The van der Waals surface area contributed by atoms with E-state index in [9.17, 15) is 14.2 Å². The molecule has 0 fully saturated rings. The van der Waals surface area contributed by atoms with Gasteiger partial charge < -0.3 is 24.9 Å². The molecule has 9 nitrogen and oxygen atoms in total. The topological polar surface area (TPSA) is 116 Å². The summed E-state index contributed by atoms with van der Waals surface area (Å²) in [6, 6.07) is 4.53. The van der Waals surface area contributed by atoms with Crippen molar-refractivity contribution in [3.63, 3.8) is 0 Å². The van der Waals surface area contributed by atoms with E-state index in [1.165, 1.54) is 18.3 Å². The monoisotopic (exact) mass is 490 g/mol. The number of carbonyl (C=O) groups excluding carboxylic acids is 1. The summed E-state index contributed by atoms with van der Waals surface area (Å²) < 4.78 is 20.6. The summed E-state index contributed by atoms with van der Waals surface area (Å²) in [5, 5.41) is 14.7. The fraction of sp³-hybridized carbons (Fsp3) is 0.360. The van der Waals surface area contributed by atoms with Crippen LogP contribution < -0.4 is 14.9 Å². The van der Waals surface area contributed by atoms with Crippen LogP contribution in [0.4, 0.5) is 15.9 Å². The van der Waals surface area contributed by atoms with E-state index in [2.05, 4.69) is 25.3 Å². The van der Waals surface area contributed by atoms with Crippen molar-refractivity contribution in [2.24, 2.45) is 0 Å². The minimum absolute atomic E-state index is 0.0335. The summed E-state index contributed by atoms with van der Waals surface area (Å²) in [6.07, 6.45) is 8.33. The summed E-state index contributed by atoms with van der Waals surface area (Å²) in [7, 11) is 0.867. The number of fused-ring (bicyclic) bond motifs is 8. The van der Waals surface area contributed by atoms with Gasteiger partial charge in [-0.25, -0.2) is 4.39 Å². The maximum absolute atomic E-state index is 14.7. The van der Waals surface area contributed by atoms with E-state index in [1.54, 1.807) is 30.9 Å². The van der Waals surface area contributed by atoms with E-state index >= 15 is 0 Å². The van der Waals surface area contributed by atoms with Gasteiger partial charge in [-0.1, -0.05) is 19.3 Å². The van der Waals surface area contributed by atoms with Crippen LogP contribution in [0.25, 0.3) is 21.9 Å². The van der Waals surface area contributed by atoms with E-state index in [1.807, 2.05) is 0 Å². The average Bonchev–Trinajstić information content (AvgIpc) is 3.22. The maximum Gasteiger partial charge on any atom is 0.409 e. The highest BCUT2D eigenvalue weighted by Gasteiger charge is 2.22. The van der Waals surface area contributed by atoms with Crippen molar-refractivity contribution in [1.82, 2.24) is 19.9 Å². The third-order valence-electron chi connectivity index (χ3n) is 6.54. The smallest absolute Gasteiger partial charge is 0.409 e. The standard InChI is InChI=1S/C25H28BFN6O3/c1-26(35)33(2)19-12-16(27)11-18-21-23-29-9-7-5-3-4-6-8-20(34)15-10-17(14-28-13-15)36-25(31-23)32-24(21)30-22(18)19/h10-14,35H,3-9H2,1-2H3,(H2,29,30,31,32). The average molecular weight is 490 g/mol. The van der Waals surface area contributed by atoms with E-state index in [4.69, 9.17) is 4.74 Å². The molecule has 1 aliphatic heterocycles. The summed E-state index contributed by atoms with van der Waals surface area (Å²) in [6.45, 7) is 2.28.